The van der Waals surface area contributed by atoms with Crippen LogP contribution in [0.15, 0.2) is 21.9 Å². The highest BCUT2D eigenvalue weighted by atomic mass is 79.9. The standard InChI is InChI=1S/C11H14BrF3N4O/c1-2-19(4-3-9(16)18-20)10-8(11(13,14)15)5-7(12)6-17-10/h5-6,20H,2-4H2,1H3,(H2,16,18). The highest BCUT2D eigenvalue weighted by Crippen LogP contribution is 2.36. The predicted molar refractivity (Wildman–Crippen MR) is 72.9 cm³/mol. The molecule has 20 heavy (non-hydrogen) atoms. The van der Waals surface area contributed by atoms with Crippen LogP contribution in [0.25, 0.3) is 0 Å². The molecule has 0 aliphatic carbocycles. The Morgan fingerprint density at radius 2 is 2.20 bits per heavy atom. The fraction of sp³-hybridized carbons (Fsp3) is 0.455. The lowest BCUT2D eigenvalue weighted by atomic mass is 10.2. The van der Waals surface area contributed by atoms with E-state index in [9.17, 15) is 13.2 Å². The summed E-state index contributed by atoms with van der Waals surface area (Å²) in [6.07, 6.45) is -3.06. The number of oxime groups is 1. The van der Waals surface area contributed by atoms with Gasteiger partial charge in [0.25, 0.3) is 0 Å². The van der Waals surface area contributed by atoms with E-state index >= 15 is 0 Å². The molecule has 1 rings (SSSR count). The lowest BCUT2D eigenvalue weighted by Crippen LogP contribution is -2.30. The Hall–Kier alpha value is -1.51. The van der Waals surface area contributed by atoms with Crippen molar-refractivity contribution in [2.45, 2.75) is 19.5 Å². The van der Waals surface area contributed by atoms with Gasteiger partial charge in [0.1, 0.15) is 11.7 Å². The van der Waals surface area contributed by atoms with Gasteiger partial charge in [-0.25, -0.2) is 4.98 Å². The Kier molecular flexibility index (Phi) is 5.61. The molecule has 9 heteroatoms. The summed E-state index contributed by atoms with van der Waals surface area (Å²) < 4.78 is 39.3. The summed E-state index contributed by atoms with van der Waals surface area (Å²) in [5, 5.41) is 11.2. The molecule has 0 radical (unpaired) electrons. The van der Waals surface area contributed by atoms with Crippen LogP contribution in [-0.2, 0) is 6.18 Å². The van der Waals surface area contributed by atoms with Crippen LogP contribution in [0.2, 0.25) is 0 Å². The van der Waals surface area contributed by atoms with Gasteiger partial charge in [0, 0.05) is 30.2 Å². The first-order chi connectivity index (χ1) is 9.29. The van der Waals surface area contributed by atoms with E-state index < -0.39 is 11.7 Å². The van der Waals surface area contributed by atoms with E-state index in [1.807, 2.05) is 0 Å². The molecule has 1 heterocycles. The monoisotopic (exact) mass is 354 g/mol. The van der Waals surface area contributed by atoms with E-state index in [1.165, 1.54) is 11.1 Å². The van der Waals surface area contributed by atoms with Crippen molar-refractivity contribution in [3.8, 4) is 0 Å². The third-order valence-corrected chi connectivity index (χ3v) is 3.02. The van der Waals surface area contributed by atoms with Crippen LogP contribution >= 0.6 is 15.9 Å². The summed E-state index contributed by atoms with van der Waals surface area (Å²) >= 11 is 2.98. The fourth-order valence-corrected chi connectivity index (χ4v) is 1.94. The molecule has 1 aromatic rings. The molecule has 0 unspecified atom stereocenters. The summed E-state index contributed by atoms with van der Waals surface area (Å²) in [4.78, 5) is 5.26. The van der Waals surface area contributed by atoms with Gasteiger partial charge in [-0.05, 0) is 28.9 Å². The second kappa shape index (κ2) is 6.78. The van der Waals surface area contributed by atoms with Gasteiger partial charge in [-0.15, -0.1) is 0 Å². The van der Waals surface area contributed by atoms with Crippen molar-refractivity contribution in [3.63, 3.8) is 0 Å². The number of alkyl halides is 3. The summed E-state index contributed by atoms with van der Waals surface area (Å²) in [7, 11) is 0. The molecular formula is C11H14BrF3N4O. The highest BCUT2D eigenvalue weighted by Gasteiger charge is 2.36. The highest BCUT2D eigenvalue weighted by molar-refractivity contribution is 9.10. The molecule has 1 aromatic heterocycles. The molecule has 0 aromatic carbocycles. The molecule has 0 atom stereocenters. The Bertz CT molecular complexity index is 493. The largest absolute Gasteiger partial charge is 0.419 e. The summed E-state index contributed by atoms with van der Waals surface area (Å²) in [5.41, 5.74) is 4.50. The molecule has 0 aliphatic rings. The minimum atomic E-state index is -4.50. The van der Waals surface area contributed by atoms with E-state index in [1.54, 1.807) is 6.92 Å². The molecule has 0 saturated carbocycles. The van der Waals surface area contributed by atoms with Crippen LogP contribution in [0, 0.1) is 0 Å². The molecule has 0 bridgehead atoms. The number of nitrogens with two attached hydrogens (primary N) is 1. The van der Waals surface area contributed by atoms with Crippen molar-refractivity contribution in [2.75, 3.05) is 18.0 Å². The van der Waals surface area contributed by atoms with Crippen molar-refractivity contribution in [1.82, 2.24) is 4.98 Å². The van der Waals surface area contributed by atoms with Gasteiger partial charge in [0.2, 0.25) is 0 Å². The number of halogens is 4. The van der Waals surface area contributed by atoms with Crippen LogP contribution in [0.4, 0.5) is 19.0 Å². The zero-order valence-electron chi connectivity index (χ0n) is 10.7. The van der Waals surface area contributed by atoms with Gasteiger partial charge in [-0.1, -0.05) is 5.16 Å². The van der Waals surface area contributed by atoms with Crippen molar-refractivity contribution in [2.24, 2.45) is 10.9 Å². The minimum absolute atomic E-state index is 0.0471. The predicted octanol–water partition coefficient (Wildman–Crippen LogP) is 2.83. The van der Waals surface area contributed by atoms with E-state index in [-0.39, 0.29) is 29.1 Å². The Morgan fingerprint density at radius 3 is 2.70 bits per heavy atom. The van der Waals surface area contributed by atoms with Crippen LogP contribution in [-0.4, -0.2) is 29.1 Å². The molecule has 0 amide bonds. The topological polar surface area (TPSA) is 74.7 Å². The van der Waals surface area contributed by atoms with E-state index in [2.05, 4.69) is 26.1 Å². The zero-order valence-corrected chi connectivity index (χ0v) is 12.2. The van der Waals surface area contributed by atoms with Crippen LogP contribution in [0.3, 0.4) is 0 Å². The Balaban J connectivity index is 3.09. The molecule has 112 valence electrons. The Morgan fingerprint density at radius 1 is 1.55 bits per heavy atom. The first kappa shape index (κ1) is 16.5. The van der Waals surface area contributed by atoms with Crippen molar-refractivity contribution in [3.05, 3.63) is 22.3 Å². The van der Waals surface area contributed by atoms with Crippen molar-refractivity contribution < 1.29 is 18.4 Å². The molecule has 0 spiro atoms. The van der Waals surface area contributed by atoms with Gasteiger partial charge in [-0.3, -0.25) is 0 Å². The second-order valence-corrected chi connectivity index (χ2v) is 4.86. The number of anilines is 1. The maximum absolute atomic E-state index is 13.0. The minimum Gasteiger partial charge on any atom is -0.409 e. The average molecular weight is 355 g/mol. The maximum atomic E-state index is 13.0. The quantitative estimate of drug-likeness (QED) is 0.369. The Labute approximate surface area is 122 Å². The lowest BCUT2D eigenvalue weighted by Gasteiger charge is -2.25. The maximum Gasteiger partial charge on any atom is 0.419 e. The second-order valence-electron chi connectivity index (χ2n) is 3.94. The van der Waals surface area contributed by atoms with Gasteiger partial charge < -0.3 is 15.8 Å². The van der Waals surface area contributed by atoms with Gasteiger partial charge >= 0.3 is 6.18 Å². The number of aromatic nitrogens is 1. The van der Waals surface area contributed by atoms with E-state index in [0.717, 1.165) is 6.07 Å². The molecule has 0 fully saturated rings. The third-order valence-electron chi connectivity index (χ3n) is 2.59. The summed E-state index contributed by atoms with van der Waals surface area (Å²) in [6.45, 7) is 2.19. The van der Waals surface area contributed by atoms with E-state index in [0.29, 0.717) is 6.54 Å². The van der Waals surface area contributed by atoms with Crippen LogP contribution < -0.4 is 10.6 Å². The number of pyridine rings is 1. The first-order valence-corrected chi connectivity index (χ1v) is 6.53. The SMILES string of the molecule is CCN(CCC(N)=NO)c1ncc(Br)cc1C(F)(F)F. The van der Waals surface area contributed by atoms with Gasteiger partial charge in [0.15, 0.2) is 0 Å². The fourth-order valence-electron chi connectivity index (χ4n) is 1.61. The summed E-state index contributed by atoms with van der Waals surface area (Å²) in [5.74, 6) is -0.219. The average Bonchev–Trinajstić information content (AvgIpc) is 2.39. The number of rotatable bonds is 5. The van der Waals surface area contributed by atoms with Crippen molar-refractivity contribution >= 4 is 27.6 Å². The van der Waals surface area contributed by atoms with Crippen LogP contribution in [0.5, 0.6) is 0 Å². The third kappa shape index (κ3) is 4.26. The smallest absolute Gasteiger partial charge is 0.409 e. The summed E-state index contributed by atoms with van der Waals surface area (Å²) in [6, 6.07) is 0.981. The van der Waals surface area contributed by atoms with E-state index in [4.69, 9.17) is 10.9 Å². The molecule has 5 nitrogen and oxygen atoms in total. The van der Waals surface area contributed by atoms with Gasteiger partial charge in [-0.2, -0.15) is 13.2 Å². The van der Waals surface area contributed by atoms with Crippen molar-refractivity contribution in [1.29, 1.82) is 0 Å². The zero-order chi connectivity index (χ0) is 15.3. The van der Waals surface area contributed by atoms with Gasteiger partial charge in [0.05, 0.1) is 5.56 Å². The molecular weight excluding hydrogens is 341 g/mol. The molecule has 0 saturated heterocycles. The number of hydrogen-bond donors (Lipinski definition) is 2. The van der Waals surface area contributed by atoms with Crippen LogP contribution in [0.1, 0.15) is 18.9 Å². The molecule has 3 N–H and O–H groups in total. The number of nitrogens with zero attached hydrogens (tertiary/aromatic N) is 3. The normalized spacial score (nSPS) is 12.6. The lowest BCUT2D eigenvalue weighted by molar-refractivity contribution is -0.137. The number of amidine groups is 1. The first-order valence-electron chi connectivity index (χ1n) is 5.73. The molecule has 0 aliphatic heterocycles. The number of hydrogen-bond acceptors (Lipinski definition) is 4.